The molecule has 1 aromatic heterocycles. The molecule has 0 amide bonds. The minimum Gasteiger partial charge on any atom is -0.481 e. The molecule has 1 unspecified atom stereocenters. The summed E-state index contributed by atoms with van der Waals surface area (Å²) in [5, 5.41) is 11.8. The van der Waals surface area contributed by atoms with E-state index in [2.05, 4.69) is 10.3 Å². The number of carboxylic acids is 1. The molecule has 2 aromatic rings. The van der Waals surface area contributed by atoms with Crippen LogP contribution in [-0.4, -0.2) is 34.4 Å². The highest BCUT2D eigenvalue weighted by Gasteiger charge is 2.22. The molecule has 3 N–H and O–H groups in total. The van der Waals surface area contributed by atoms with E-state index in [1.165, 1.54) is 6.07 Å². The van der Waals surface area contributed by atoms with Gasteiger partial charge in [0, 0.05) is 5.56 Å². The Morgan fingerprint density at radius 3 is 2.86 bits per heavy atom. The second kappa shape index (κ2) is 6.36. The van der Waals surface area contributed by atoms with Crippen molar-refractivity contribution in [2.24, 2.45) is 0 Å². The summed E-state index contributed by atoms with van der Waals surface area (Å²) in [6, 6.07) is 3.74. The minimum absolute atomic E-state index is 0.274. The van der Waals surface area contributed by atoms with Gasteiger partial charge in [0.25, 0.3) is 0 Å². The zero-order valence-corrected chi connectivity index (χ0v) is 11.5. The molecule has 21 heavy (non-hydrogen) atoms. The Morgan fingerprint density at radius 2 is 2.19 bits per heavy atom. The summed E-state index contributed by atoms with van der Waals surface area (Å²) in [6.45, 7) is 2.47. The van der Waals surface area contributed by atoms with E-state index < -0.39 is 17.8 Å². The minimum atomic E-state index is -1.05. The lowest BCUT2D eigenvalue weighted by atomic mass is 10.0. The summed E-state index contributed by atoms with van der Waals surface area (Å²) >= 11 is 0. The van der Waals surface area contributed by atoms with Crippen molar-refractivity contribution in [2.75, 3.05) is 6.54 Å². The lowest BCUT2D eigenvalue weighted by Gasteiger charge is -2.15. The number of aliphatic carboxylic acids is 1. The number of aromatic nitrogens is 1. The van der Waals surface area contributed by atoms with Crippen molar-refractivity contribution in [1.29, 1.82) is 0 Å². The molecule has 0 radical (unpaired) electrons. The van der Waals surface area contributed by atoms with Crippen LogP contribution in [-0.2, 0) is 4.79 Å². The molecule has 0 aliphatic rings. The van der Waals surface area contributed by atoms with Gasteiger partial charge >= 0.3 is 11.7 Å². The predicted molar refractivity (Wildman–Crippen MR) is 75.5 cm³/mol. The number of carboxylic acid groups (broad SMARTS) is 1. The molecular formula is C14H16N2O5. The number of nitrogens with one attached hydrogen (secondary N) is 2. The van der Waals surface area contributed by atoms with Gasteiger partial charge in [-0.15, -0.1) is 0 Å². The molecule has 1 atom stereocenters. The first-order valence-electron chi connectivity index (χ1n) is 6.63. The highest BCUT2D eigenvalue weighted by atomic mass is 16.4. The van der Waals surface area contributed by atoms with Crippen LogP contribution in [0.1, 0.15) is 30.1 Å². The smallest absolute Gasteiger partial charge is 0.417 e. The molecule has 0 bridgehead atoms. The summed E-state index contributed by atoms with van der Waals surface area (Å²) < 4.78 is 4.90. The lowest BCUT2D eigenvalue weighted by molar-refractivity contribution is -0.137. The Labute approximate surface area is 120 Å². The zero-order valence-electron chi connectivity index (χ0n) is 11.5. The number of oxazole rings is 1. The van der Waals surface area contributed by atoms with Crippen molar-refractivity contribution >= 4 is 22.9 Å². The topological polar surface area (TPSA) is 112 Å². The van der Waals surface area contributed by atoms with Gasteiger partial charge in [0.05, 0.1) is 18.0 Å². The first-order chi connectivity index (χ1) is 10.0. The summed E-state index contributed by atoms with van der Waals surface area (Å²) in [5.41, 5.74) is 1.07. The quantitative estimate of drug-likeness (QED) is 0.660. The van der Waals surface area contributed by atoms with Crippen LogP contribution in [0.15, 0.2) is 27.4 Å². The van der Waals surface area contributed by atoms with Crippen molar-refractivity contribution in [3.05, 3.63) is 34.3 Å². The fourth-order valence-corrected chi connectivity index (χ4v) is 2.05. The maximum absolute atomic E-state index is 12.4. The Hall–Kier alpha value is -2.41. The third kappa shape index (κ3) is 3.57. The zero-order chi connectivity index (χ0) is 15.4. The number of fused-ring (bicyclic) bond motifs is 1. The van der Waals surface area contributed by atoms with Crippen LogP contribution in [0.25, 0.3) is 11.1 Å². The highest BCUT2D eigenvalue weighted by Crippen LogP contribution is 2.15. The van der Waals surface area contributed by atoms with Crippen LogP contribution in [0.3, 0.4) is 0 Å². The normalized spacial score (nSPS) is 12.4. The Bertz CT molecular complexity index is 715. The van der Waals surface area contributed by atoms with Gasteiger partial charge in [0.2, 0.25) is 0 Å². The first kappa shape index (κ1) is 15.0. The van der Waals surface area contributed by atoms with Gasteiger partial charge in [-0.3, -0.25) is 14.6 Å². The molecule has 7 nitrogen and oxygen atoms in total. The van der Waals surface area contributed by atoms with E-state index in [1.807, 2.05) is 6.92 Å². The van der Waals surface area contributed by atoms with Gasteiger partial charge in [-0.25, -0.2) is 4.79 Å². The van der Waals surface area contributed by atoms with E-state index in [-0.39, 0.29) is 17.8 Å². The number of aromatic amines is 1. The van der Waals surface area contributed by atoms with Crippen LogP contribution in [0.5, 0.6) is 0 Å². The van der Waals surface area contributed by atoms with Crippen molar-refractivity contribution < 1.29 is 19.1 Å². The molecule has 0 aliphatic carbocycles. The SMILES string of the molecule is CCCNC(CC(=O)O)C(=O)c1ccc2[nH]c(=O)oc2c1. The number of rotatable bonds is 7. The number of carbonyl (C=O) groups excluding carboxylic acids is 1. The first-order valence-corrected chi connectivity index (χ1v) is 6.63. The second-order valence-electron chi connectivity index (χ2n) is 4.69. The van der Waals surface area contributed by atoms with E-state index in [0.717, 1.165) is 6.42 Å². The number of hydrogen-bond donors (Lipinski definition) is 3. The Kier molecular flexibility index (Phi) is 4.54. The van der Waals surface area contributed by atoms with Gasteiger partial charge in [-0.2, -0.15) is 0 Å². The predicted octanol–water partition coefficient (Wildman–Crippen LogP) is 1.15. The average Bonchev–Trinajstić information content (AvgIpc) is 2.81. The van der Waals surface area contributed by atoms with Gasteiger partial charge in [0.1, 0.15) is 0 Å². The monoisotopic (exact) mass is 292 g/mol. The van der Waals surface area contributed by atoms with Crippen LogP contribution in [0.2, 0.25) is 0 Å². The molecule has 0 aliphatic heterocycles. The third-order valence-electron chi connectivity index (χ3n) is 3.04. The molecule has 0 saturated heterocycles. The van der Waals surface area contributed by atoms with Crippen LogP contribution >= 0.6 is 0 Å². The molecule has 112 valence electrons. The number of benzene rings is 1. The van der Waals surface area contributed by atoms with Crippen LogP contribution in [0, 0.1) is 0 Å². The number of carbonyl (C=O) groups is 2. The molecule has 0 saturated carbocycles. The van der Waals surface area contributed by atoms with Gasteiger partial charge < -0.3 is 14.8 Å². The summed E-state index contributed by atoms with van der Waals surface area (Å²) in [5.74, 6) is -1.98. The maximum atomic E-state index is 12.4. The van der Waals surface area contributed by atoms with E-state index in [9.17, 15) is 14.4 Å². The Morgan fingerprint density at radius 1 is 1.43 bits per heavy atom. The number of Topliss-reactive ketones (excluding diaryl/α,β-unsaturated/α-hetero) is 1. The van der Waals surface area contributed by atoms with Crippen LogP contribution < -0.4 is 11.1 Å². The van der Waals surface area contributed by atoms with Crippen molar-refractivity contribution in [2.45, 2.75) is 25.8 Å². The summed E-state index contributed by atoms with van der Waals surface area (Å²) in [4.78, 5) is 36.8. The van der Waals surface area contributed by atoms with Gasteiger partial charge in [-0.05, 0) is 31.2 Å². The number of hydrogen-bond acceptors (Lipinski definition) is 5. The summed E-state index contributed by atoms with van der Waals surface area (Å²) in [7, 11) is 0. The number of H-pyrrole nitrogens is 1. The highest BCUT2D eigenvalue weighted by molar-refractivity contribution is 6.03. The lowest BCUT2D eigenvalue weighted by Crippen LogP contribution is -2.39. The fraction of sp³-hybridized carbons (Fsp3) is 0.357. The molecule has 0 fully saturated rings. The fourth-order valence-electron chi connectivity index (χ4n) is 2.05. The molecule has 1 heterocycles. The van der Waals surface area contributed by atoms with E-state index >= 15 is 0 Å². The van der Waals surface area contributed by atoms with Gasteiger partial charge in [-0.1, -0.05) is 6.92 Å². The van der Waals surface area contributed by atoms with Crippen molar-refractivity contribution in [1.82, 2.24) is 10.3 Å². The van der Waals surface area contributed by atoms with E-state index in [0.29, 0.717) is 17.6 Å². The second-order valence-corrected chi connectivity index (χ2v) is 4.69. The standard InChI is InChI=1S/C14H16N2O5/c1-2-5-15-10(7-12(17)18)13(19)8-3-4-9-11(6-8)21-14(20)16-9/h3-4,6,10,15H,2,5,7H2,1H3,(H,16,20)(H,17,18). The van der Waals surface area contributed by atoms with Crippen LogP contribution in [0.4, 0.5) is 0 Å². The molecule has 0 spiro atoms. The Balaban J connectivity index is 2.27. The third-order valence-corrected chi connectivity index (χ3v) is 3.04. The molecule has 1 aromatic carbocycles. The van der Waals surface area contributed by atoms with Crippen molar-refractivity contribution in [3.63, 3.8) is 0 Å². The van der Waals surface area contributed by atoms with Crippen molar-refractivity contribution in [3.8, 4) is 0 Å². The molecule has 2 rings (SSSR count). The summed E-state index contributed by atoms with van der Waals surface area (Å²) in [6.07, 6.45) is 0.489. The van der Waals surface area contributed by atoms with Gasteiger partial charge in [0.15, 0.2) is 11.4 Å². The van der Waals surface area contributed by atoms with E-state index in [4.69, 9.17) is 9.52 Å². The number of ketones is 1. The molecule has 7 heteroatoms. The maximum Gasteiger partial charge on any atom is 0.417 e. The average molecular weight is 292 g/mol. The largest absolute Gasteiger partial charge is 0.481 e. The van der Waals surface area contributed by atoms with E-state index in [1.54, 1.807) is 12.1 Å². The molecular weight excluding hydrogens is 276 g/mol.